The van der Waals surface area contributed by atoms with Crippen LogP contribution in [0.2, 0.25) is 0 Å². The van der Waals surface area contributed by atoms with Crippen LogP contribution >= 0.6 is 12.4 Å². The number of likely N-dealkylation sites (tertiary alicyclic amines) is 2. The molecule has 0 N–H and O–H groups in total. The topological polar surface area (TPSA) is 54.9 Å². The Kier molecular flexibility index (Phi) is 6.10. The number of nitrogens with zero attached hydrogens (tertiary/aromatic N) is 3. The Labute approximate surface area is 171 Å². The number of carbonyl (C=O) groups excluding carboxylic acids is 1. The average Bonchev–Trinajstić information content (AvgIpc) is 3.24. The molecule has 2 saturated heterocycles. The third kappa shape index (κ3) is 3.54. The minimum atomic E-state index is 0. The summed E-state index contributed by atoms with van der Waals surface area (Å²) in [5, 5.41) is 0. The maximum absolute atomic E-state index is 13.1. The fourth-order valence-corrected chi connectivity index (χ4v) is 4.62. The van der Waals surface area contributed by atoms with Crippen LogP contribution in [0.15, 0.2) is 42.7 Å². The minimum absolute atomic E-state index is 0. The van der Waals surface area contributed by atoms with Crippen molar-refractivity contribution in [3.63, 3.8) is 0 Å². The SMILES string of the molecule is COc1ccc([C@@H]2[C@@H]3CN(C(=O)c4ccncc4OC)C[C@@H]3CN2C)cc1.Cl. The van der Waals surface area contributed by atoms with E-state index in [1.807, 2.05) is 17.0 Å². The van der Waals surface area contributed by atoms with E-state index in [1.165, 1.54) is 5.56 Å². The normalized spacial score (nSPS) is 23.8. The maximum atomic E-state index is 13.1. The van der Waals surface area contributed by atoms with Gasteiger partial charge in [0.1, 0.15) is 11.5 Å². The number of methoxy groups -OCH3 is 2. The molecule has 3 heterocycles. The summed E-state index contributed by atoms with van der Waals surface area (Å²) in [6.45, 7) is 2.54. The van der Waals surface area contributed by atoms with Crippen molar-refractivity contribution in [1.82, 2.24) is 14.8 Å². The smallest absolute Gasteiger partial charge is 0.257 e. The van der Waals surface area contributed by atoms with Crippen LogP contribution in [0.1, 0.15) is 22.0 Å². The van der Waals surface area contributed by atoms with Gasteiger partial charge in [-0.1, -0.05) is 12.1 Å². The lowest BCUT2D eigenvalue weighted by Crippen LogP contribution is -2.33. The van der Waals surface area contributed by atoms with Crippen molar-refractivity contribution < 1.29 is 14.3 Å². The minimum Gasteiger partial charge on any atom is -0.497 e. The van der Waals surface area contributed by atoms with Gasteiger partial charge in [0.2, 0.25) is 0 Å². The van der Waals surface area contributed by atoms with Crippen LogP contribution in [0, 0.1) is 11.8 Å². The van der Waals surface area contributed by atoms with Gasteiger partial charge in [-0.2, -0.15) is 0 Å². The number of halogens is 1. The fourth-order valence-electron chi connectivity index (χ4n) is 4.62. The predicted molar refractivity (Wildman–Crippen MR) is 109 cm³/mol. The molecule has 1 aromatic carbocycles. The first-order valence-corrected chi connectivity index (χ1v) is 9.24. The van der Waals surface area contributed by atoms with E-state index in [4.69, 9.17) is 9.47 Å². The molecule has 2 aromatic rings. The van der Waals surface area contributed by atoms with Gasteiger partial charge in [0.25, 0.3) is 5.91 Å². The summed E-state index contributed by atoms with van der Waals surface area (Å²) >= 11 is 0. The Morgan fingerprint density at radius 2 is 1.82 bits per heavy atom. The third-order valence-corrected chi connectivity index (χ3v) is 5.87. The predicted octanol–water partition coefficient (Wildman–Crippen LogP) is 2.90. The molecule has 7 heteroatoms. The van der Waals surface area contributed by atoms with Crippen molar-refractivity contribution in [2.45, 2.75) is 6.04 Å². The summed E-state index contributed by atoms with van der Waals surface area (Å²) in [7, 11) is 5.42. The summed E-state index contributed by atoms with van der Waals surface area (Å²) in [6, 6.07) is 10.4. The summed E-state index contributed by atoms with van der Waals surface area (Å²) in [6.07, 6.45) is 3.23. The van der Waals surface area contributed by atoms with Gasteiger partial charge in [0.05, 0.1) is 26.0 Å². The zero-order valence-electron chi connectivity index (χ0n) is 16.4. The van der Waals surface area contributed by atoms with Crippen molar-refractivity contribution in [3.8, 4) is 11.5 Å². The van der Waals surface area contributed by atoms with E-state index in [9.17, 15) is 4.79 Å². The molecule has 28 heavy (non-hydrogen) atoms. The highest BCUT2D eigenvalue weighted by atomic mass is 35.5. The van der Waals surface area contributed by atoms with Gasteiger partial charge in [-0.15, -0.1) is 12.4 Å². The van der Waals surface area contributed by atoms with Gasteiger partial charge >= 0.3 is 0 Å². The number of hydrogen-bond acceptors (Lipinski definition) is 5. The van der Waals surface area contributed by atoms with Crippen molar-refractivity contribution in [2.75, 3.05) is 40.9 Å². The molecule has 1 aromatic heterocycles. The molecule has 4 rings (SSSR count). The van der Waals surface area contributed by atoms with Crippen LogP contribution in [0.5, 0.6) is 11.5 Å². The van der Waals surface area contributed by atoms with Crippen molar-refractivity contribution in [3.05, 3.63) is 53.9 Å². The Morgan fingerprint density at radius 1 is 1.07 bits per heavy atom. The lowest BCUT2D eigenvalue weighted by atomic mass is 9.89. The number of ether oxygens (including phenoxy) is 2. The quantitative estimate of drug-likeness (QED) is 0.785. The van der Waals surface area contributed by atoms with E-state index >= 15 is 0 Å². The summed E-state index contributed by atoms with van der Waals surface area (Å²) in [5.41, 5.74) is 1.86. The van der Waals surface area contributed by atoms with Gasteiger partial charge in [-0.25, -0.2) is 0 Å². The van der Waals surface area contributed by atoms with Crippen molar-refractivity contribution >= 4 is 18.3 Å². The van der Waals surface area contributed by atoms with Crippen LogP contribution in [0.3, 0.4) is 0 Å². The molecule has 2 fully saturated rings. The van der Waals surface area contributed by atoms with Gasteiger partial charge in [-0.3, -0.25) is 14.7 Å². The molecule has 150 valence electrons. The molecule has 0 aliphatic carbocycles. The standard InChI is InChI=1S/C21H25N3O3.ClH/c1-23-11-15-12-24(21(25)17-8-9-22-10-19(17)27-3)13-18(15)20(23)14-4-6-16(26-2)7-5-14;/h4-10,15,18,20H,11-13H2,1-3H3;1H/t15-,18+,20+;/m0./s1. The molecule has 2 aliphatic heterocycles. The number of hydrogen-bond donors (Lipinski definition) is 0. The molecule has 1 amide bonds. The summed E-state index contributed by atoms with van der Waals surface area (Å²) in [4.78, 5) is 21.5. The van der Waals surface area contributed by atoms with Gasteiger partial charge in [0, 0.05) is 37.8 Å². The molecule has 2 aliphatic rings. The Hall–Kier alpha value is -2.31. The molecule has 0 saturated carbocycles. The zero-order chi connectivity index (χ0) is 19.0. The highest BCUT2D eigenvalue weighted by molar-refractivity contribution is 5.97. The van der Waals surface area contributed by atoms with Crippen LogP contribution in [0.4, 0.5) is 0 Å². The van der Waals surface area contributed by atoms with Gasteiger partial charge in [-0.05, 0) is 36.7 Å². The van der Waals surface area contributed by atoms with Crippen LogP contribution < -0.4 is 9.47 Å². The van der Waals surface area contributed by atoms with Crippen molar-refractivity contribution in [2.24, 2.45) is 11.8 Å². The number of rotatable bonds is 4. The van der Waals surface area contributed by atoms with Crippen LogP contribution in [0.25, 0.3) is 0 Å². The Balaban J connectivity index is 0.00000225. The molecule has 0 spiro atoms. The highest BCUT2D eigenvalue weighted by Crippen LogP contribution is 2.44. The second-order valence-electron chi connectivity index (χ2n) is 7.37. The lowest BCUT2D eigenvalue weighted by Gasteiger charge is -2.27. The number of benzene rings is 1. The summed E-state index contributed by atoms with van der Waals surface area (Å²) in [5.74, 6) is 2.34. The second-order valence-corrected chi connectivity index (χ2v) is 7.37. The largest absolute Gasteiger partial charge is 0.497 e. The highest BCUT2D eigenvalue weighted by Gasteiger charge is 2.47. The van der Waals surface area contributed by atoms with E-state index in [2.05, 4.69) is 29.1 Å². The Bertz CT molecular complexity index is 830. The fraction of sp³-hybridized carbons (Fsp3) is 0.429. The van der Waals surface area contributed by atoms with E-state index in [0.29, 0.717) is 29.2 Å². The van der Waals surface area contributed by atoms with E-state index in [0.717, 1.165) is 25.4 Å². The number of carbonyl (C=O) groups is 1. The van der Waals surface area contributed by atoms with E-state index in [1.54, 1.807) is 32.7 Å². The number of amides is 1. The molecular formula is C21H26ClN3O3. The zero-order valence-corrected chi connectivity index (χ0v) is 17.2. The molecule has 0 radical (unpaired) electrons. The second kappa shape index (κ2) is 8.37. The van der Waals surface area contributed by atoms with Crippen molar-refractivity contribution in [1.29, 1.82) is 0 Å². The first kappa shape index (κ1) is 20.4. The maximum Gasteiger partial charge on any atom is 0.257 e. The lowest BCUT2D eigenvalue weighted by molar-refractivity contribution is 0.0764. The molecule has 3 atom stereocenters. The molecule has 0 unspecified atom stereocenters. The van der Waals surface area contributed by atoms with Gasteiger partial charge < -0.3 is 14.4 Å². The monoisotopic (exact) mass is 403 g/mol. The number of pyridine rings is 1. The molecule has 6 nitrogen and oxygen atoms in total. The number of aromatic nitrogens is 1. The Morgan fingerprint density at radius 3 is 2.50 bits per heavy atom. The third-order valence-electron chi connectivity index (χ3n) is 5.87. The summed E-state index contributed by atoms with van der Waals surface area (Å²) < 4.78 is 10.6. The first-order valence-electron chi connectivity index (χ1n) is 9.24. The number of fused-ring (bicyclic) bond motifs is 1. The van der Waals surface area contributed by atoms with Crippen LogP contribution in [-0.4, -0.2) is 61.6 Å². The van der Waals surface area contributed by atoms with Crippen LogP contribution in [-0.2, 0) is 0 Å². The molecular weight excluding hydrogens is 378 g/mol. The average molecular weight is 404 g/mol. The molecule has 0 bridgehead atoms. The van der Waals surface area contributed by atoms with Gasteiger partial charge in [0.15, 0.2) is 0 Å². The van der Waals surface area contributed by atoms with E-state index in [-0.39, 0.29) is 18.3 Å². The first-order chi connectivity index (χ1) is 13.1. The van der Waals surface area contributed by atoms with E-state index < -0.39 is 0 Å².